The van der Waals surface area contributed by atoms with Crippen LogP contribution in [0.4, 0.5) is 5.88 Å². The molecule has 0 saturated carbocycles. The van der Waals surface area contributed by atoms with Crippen LogP contribution in [0.25, 0.3) is 0 Å². The minimum absolute atomic E-state index is 0.0798. The predicted molar refractivity (Wildman–Crippen MR) is 92.2 cm³/mol. The molecule has 2 heterocycles. The van der Waals surface area contributed by atoms with E-state index in [0.717, 1.165) is 61.9 Å². The van der Waals surface area contributed by atoms with E-state index in [1.807, 2.05) is 19.1 Å². The number of hydrogen-bond acceptors (Lipinski definition) is 5. The van der Waals surface area contributed by atoms with E-state index in [1.54, 1.807) is 7.11 Å². The van der Waals surface area contributed by atoms with Crippen LogP contribution in [-0.4, -0.2) is 24.7 Å². The summed E-state index contributed by atoms with van der Waals surface area (Å²) >= 11 is 0. The molecule has 0 bridgehead atoms. The van der Waals surface area contributed by atoms with Gasteiger partial charge in [0.2, 0.25) is 5.88 Å². The summed E-state index contributed by atoms with van der Waals surface area (Å²) in [6.45, 7) is 2.83. The van der Waals surface area contributed by atoms with E-state index in [9.17, 15) is 5.26 Å². The van der Waals surface area contributed by atoms with Crippen LogP contribution in [-0.2, 0) is 12.8 Å². The molecule has 0 radical (unpaired) electrons. The van der Waals surface area contributed by atoms with Crippen LogP contribution in [0, 0.1) is 18.3 Å². The van der Waals surface area contributed by atoms with Gasteiger partial charge in [0.1, 0.15) is 17.5 Å². The van der Waals surface area contributed by atoms with Crippen molar-refractivity contribution in [2.24, 2.45) is 0 Å². The quantitative estimate of drug-likeness (QED) is 0.811. The van der Waals surface area contributed by atoms with Crippen molar-refractivity contribution in [3.63, 3.8) is 0 Å². The smallest absolute Gasteiger partial charge is 0.220 e. The second kappa shape index (κ2) is 7.39. The summed E-state index contributed by atoms with van der Waals surface area (Å²) in [5.41, 5.74) is 2.17. The van der Waals surface area contributed by atoms with Gasteiger partial charge in [0.25, 0.3) is 0 Å². The SMILES string of the molecule is COc1ccc(CCCc2nc(C)c(N3CCC[C@H]3C#N)o2)cc1. The van der Waals surface area contributed by atoms with Gasteiger partial charge in [-0.05, 0) is 50.3 Å². The van der Waals surface area contributed by atoms with Crippen molar-refractivity contribution in [1.82, 2.24) is 4.98 Å². The van der Waals surface area contributed by atoms with Gasteiger partial charge in [-0.1, -0.05) is 12.1 Å². The average molecular weight is 325 g/mol. The van der Waals surface area contributed by atoms with Crippen molar-refractivity contribution in [2.75, 3.05) is 18.6 Å². The molecule has 5 heteroatoms. The molecule has 1 aromatic heterocycles. The summed E-state index contributed by atoms with van der Waals surface area (Å²) < 4.78 is 11.1. The van der Waals surface area contributed by atoms with E-state index < -0.39 is 0 Å². The molecule has 0 N–H and O–H groups in total. The molecule has 1 fully saturated rings. The van der Waals surface area contributed by atoms with Crippen LogP contribution in [0.1, 0.15) is 36.4 Å². The number of nitrogens with zero attached hydrogens (tertiary/aromatic N) is 3. The Morgan fingerprint density at radius 1 is 1.33 bits per heavy atom. The lowest BCUT2D eigenvalue weighted by Crippen LogP contribution is -2.27. The third kappa shape index (κ3) is 3.53. The van der Waals surface area contributed by atoms with E-state index in [-0.39, 0.29) is 6.04 Å². The molecule has 24 heavy (non-hydrogen) atoms. The molecule has 1 saturated heterocycles. The first-order valence-corrected chi connectivity index (χ1v) is 8.46. The van der Waals surface area contributed by atoms with Gasteiger partial charge in [0, 0.05) is 13.0 Å². The van der Waals surface area contributed by atoms with E-state index >= 15 is 0 Å². The largest absolute Gasteiger partial charge is 0.497 e. The number of anilines is 1. The van der Waals surface area contributed by atoms with Crippen molar-refractivity contribution in [3.05, 3.63) is 41.4 Å². The van der Waals surface area contributed by atoms with Crippen LogP contribution in [0.15, 0.2) is 28.7 Å². The van der Waals surface area contributed by atoms with E-state index in [1.165, 1.54) is 5.56 Å². The van der Waals surface area contributed by atoms with Gasteiger partial charge in [-0.3, -0.25) is 0 Å². The summed E-state index contributed by atoms with van der Waals surface area (Å²) in [6, 6.07) is 10.4. The van der Waals surface area contributed by atoms with E-state index in [4.69, 9.17) is 9.15 Å². The number of aryl methyl sites for hydroxylation is 3. The zero-order valence-corrected chi connectivity index (χ0v) is 14.3. The molecule has 1 aliphatic heterocycles. The third-order valence-electron chi connectivity index (χ3n) is 4.49. The topological polar surface area (TPSA) is 62.3 Å². The van der Waals surface area contributed by atoms with Gasteiger partial charge in [-0.2, -0.15) is 5.26 Å². The molecule has 126 valence electrons. The highest BCUT2D eigenvalue weighted by Crippen LogP contribution is 2.29. The standard InChI is InChI=1S/C19H23N3O2/c1-14-19(22-12-4-6-16(22)13-20)24-18(21-14)7-3-5-15-8-10-17(23-2)11-9-15/h8-11,16H,3-7,12H2,1-2H3/t16-/m0/s1. The highest BCUT2D eigenvalue weighted by atomic mass is 16.5. The number of benzene rings is 1. The zero-order valence-electron chi connectivity index (χ0n) is 14.3. The molecule has 0 amide bonds. The number of aromatic nitrogens is 1. The Kier molecular flexibility index (Phi) is 5.05. The van der Waals surface area contributed by atoms with Crippen molar-refractivity contribution < 1.29 is 9.15 Å². The Morgan fingerprint density at radius 2 is 2.12 bits per heavy atom. The maximum atomic E-state index is 9.24. The van der Waals surface area contributed by atoms with E-state index in [2.05, 4.69) is 28.1 Å². The molecule has 1 atom stereocenters. The number of ether oxygens (including phenoxy) is 1. The average Bonchev–Trinajstić information content (AvgIpc) is 3.21. The molecule has 3 rings (SSSR count). The zero-order chi connectivity index (χ0) is 16.9. The van der Waals surface area contributed by atoms with Gasteiger partial charge in [0.05, 0.1) is 13.2 Å². The fourth-order valence-corrected chi connectivity index (χ4v) is 3.20. The monoisotopic (exact) mass is 325 g/mol. The minimum Gasteiger partial charge on any atom is -0.497 e. The van der Waals surface area contributed by atoms with Crippen molar-refractivity contribution in [3.8, 4) is 11.8 Å². The van der Waals surface area contributed by atoms with Crippen LogP contribution < -0.4 is 9.64 Å². The molecule has 0 aliphatic carbocycles. The first kappa shape index (κ1) is 16.4. The Labute approximate surface area is 142 Å². The van der Waals surface area contributed by atoms with Gasteiger partial charge >= 0.3 is 0 Å². The molecule has 2 aromatic rings. The van der Waals surface area contributed by atoms with Gasteiger partial charge in [-0.15, -0.1) is 0 Å². The fraction of sp³-hybridized carbons (Fsp3) is 0.474. The molecule has 0 spiro atoms. The Morgan fingerprint density at radius 3 is 2.83 bits per heavy atom. The number of methoxy groups -OCH3 is 1. The fourth-order valence-electron chi connectivity index (χ4n) is 3.20. The predicted octanol–water partition coefficient (Wildman–Crippen LogP) is 3.66. The number of oxazole rings is 1. The normalized spacial score (nSPS) is 17.0. The maximum absolute atomic E-state index is 9.24. The molecular formula is C19H23N3O2. The minimum atomic E-state index is -0.0798. The van der Waals surface area contributed by atoms with E-state index in [0.29, 0.717) is 0 Å². The second-order valence-corrected chi connectivity index (χ2v) is 6.18. The van der Waals surface area contributed by atoms with Crippen molar-refractivity contribution >= 4 is 5.88 Å². The Bertz CT molecular complexity index is 715. The van der Waals surface area contributed by atoms with Gasteiger partial charge in [0.15, 0.2) is 5.89 Å². The van der Waals surface area contributed by atoms with Crippen LogP contribution in [0.3, 0.4) is 0 Å². The first-order valence-electron chi connectivity index (χ1n) is 8.46. The lowest BCUT2D eigenvalue weighted by Gasteiger charge is -2.18. The summed E-state index contributed by atoms with van der Waals surface area (Å²) in [6.07, 6.45) is 4.70. The number of nitriles is 1. The van der Waals surface area contributed by atoms with Gasteiger partial charge < -0.3 is 14.1 Å². The lowest BCUT2D eigenvalue weighted by atomic mass is 10.1. The third-order valence-corrected chi connectivity index (χ3v) is 4.49. The highest BCUT2D eigenvalue weighted by Gasteiger charge is 2.28. The highest BCUT2D eigenvalue weighted by molar-refractivity contribution is 5.44. The maximum Gasteiger partial charge on any atom is 0.220 e. The Hall–Kier alpha value is -2.48. The molecule has 0 unspecified atom stereocenters. The van der Waals surface area contributed by atoms with Crippen LogP contribution in [0.5, 0.6) is 5.75 Å². The van der Waals surface area contributed by atoms with Crippen molar-refractivity contribution in [2.45, 2.75) is 45.1 Å². The van der Waals surface area contributed by atoms with Gasteiger partial charge in [-0.25, -0.2) is 4.98 Å². The van der Waals surface area contributed by atoms with Crippen LogP contribution in [0.2, 0.25) is 0 Å². The first-order chi connectivity index (χ1) is 11.7. The summed E-state index contributed by atoms with van der Waals surface area (Å²) in [7, 11) is 1.68. The molecule has 1 aromatic carbocycles. The summed E-state index contributed by atoms with van der Waals surface area (Å²) in [5.74, 6) is 2.42. The summed E-state index contributed by atoms with van der Waals surface area (Å²) in [5, 5.41) is 9.24. The molecule has 1 aliphatic rings. The molecular weight excluding hydrogens is 302 g/mol. The Balaban J connectivity index is 1.58. The summed E-state index contributed by atoms with van der Waals surface area (Å²) in [4.78, 5) is 6.60. The second-order valence-electron chi connectivity index (χ2n) is 6.18. The van der Waals surface area contributed by atoms with Crippen molar-refractivity contribution in [1.29, 1.82) is 5.26 Å². The number of hydrogen-bond donors (Lipinski definition) is 0. The van der Waals surface area contributed by atoms with Crippen LogP contribution >= 0.6 is 0 Å². The number of rotatable bonds is 6. The molecule has 5 nitrogen and oxygen atoms in total. The lowest BCUT2D eigenvalue weighted by molar-refractivity contribution is 0.414.